The Hall–Kier alpha value is -2.04. The highest BCUT2D eigenvalue weighted by molar-refractivity contribution is 7.47. The molecule has 0 aliphatic carbocycles. The molecule has 0 amide bonds. The molecule has 0 saturated carbocycles. The van der Waals surface area contributed by atoms with Crippen LogP contribution >= 0.6 is 7.82 Å². The largest absolute Gasteiger partial charge is 0.480 e. The van der Waals surface area contributed by atoms with Crippen LogP contribution in [0.15, 0.2) is 24.3 Å². The molecule has 0 spiro atoms. The van der Waals surface area contributed by atoms with Crippen LogP contribution in [0.5, 0.6) is 0 Å². The number of carboxylic acids is 1. The lowest BCUT2D eigenvalue weighted by Gasteiger charge is -2.20. The molecule has 0 bridgehead atoms. The molecule has 0 fully saturated rings. The van der Waals surface area contributed by atoms with Crippen molar-refractivity contribution in [2.75, 3.05) is 19.8 Å². The molecule has 3 atom stereocenters. The van der Waals surface area contributed by atoms with Gasteiger partial charge in [-0.05, 0) is 64.2 Å². The minimum Gasteiger partial charge on any atom is -0.480 e. The minimum absolute atomic E-state index is 0.160. The Kier molecular flexibility index (Phi) is 40.2. The first kappa shape index (κ1) is 56.0. The lowest BCUT2D eigenvalue weighted by atomic mass is 10.0. The molecule has 340 valence electrons. The highest BCUT2D eigenvalue weighted by atomic mass is 31.2. The van der Waals surface area contributed by atoms with Gasteiger partial charge in [-0.2, -0.15) is 0 Å². The van der Waals surface area contributed by atoms with Gasteiger partial charge in [-0.1, -0.05) is 167 Å². The molecular formula is C46H86NO10P. The number of allylic oxidation sites excluding steroid dienone is 4. The van der Waals surface area contributed by atoms with Crippen LogP contribution in [-0.4, -0.2) is 59.9 Å². The van der Waals surface area contributed by atoms with E-state index in [0.717, 1.165) is 44.9 Å². The quantitative estimate of drug-likeness (QED) is 0.0231. The summed E-state index contributed by atoms with van der Waals surface area (Å²) in [4.78, 5) is 46.0. The number of hydrogen-bond acceptors (Lipinski definition) is 9. The number of unbranched alkanes of at least 4 members (excludes halogenated alkanes) is 26. The van der Waals surface area contributed by atoms with E-state index in [1.54, 1.807) is 0 Å². The van der Waals surface area contributed by atoms with Crippen LogP contribution in [0.3, 0.4) is 0 Å². The summed E-state index contributed by atoms with van der Waals surface area (Å²) in [6.45, 7) is 2.79. The summed E-state index contributed by atoms with van der Waals surface area (Å²) in [5, 5.41) is 8.89. The monoisotopic (exact) mass is 844 g/mol. The second-order valence-corrected chi connectivity index (χ2v) is 17.3. The Bertz CT molecular complexity index is 1080. The van der Waals surface area contributed by atoms with Crippen LogP contribution in [0.1, 0.15) is 219 Å². The zero-order valence-electron chi connectivity index (χ0n) is 36.9. The van der Waals surface area contributed by atoms with E-state index in [9.17, 15) is 23.8 Å². The normalized spacial score (nSPS) is 13.9. The maximum atomic E-state index is 12.7. The average Bonchev–Trinajstić information content (AvgIpc) is 3.20. The first-order chi connectivity index (χ1) is 28.1. The summed E-state index contributed by atoms with van der Waals surface area (Å²) in [6, 6.07) is -1.52. The second kappa shape index (κ2) is 41.7. The van der Waals surface area contributed by atoms with E-state index >= 15 is 0 Å². The molecule has 0 saturated heterocycles. The number of carboxylic acid groups (broad SMARTS) is 1. The molecule has 0 aromatic carbocycles. The molecule has 0 rings (SSSR count). The standard InChI is InChI=1S/C46H86NO10P/c1-3-5-7-9-11-13-15-17-18-19-20-21-22-23-24-26-28-30-32-34-36-38-45(49)57-42(40-55-58(52,53)56-41-43(47)46(50)51)39-54-44(48)37-35-33-31-29-27-25-16-14-12-10-8-6-4-2/h17-18,25,27,42-43H,3-16,19-24,26,28-41,47H2,1-2H3,(H,50,51)(H,52,53)/b18-17+,27-25+/t42-,43-/m0/s1. The van der Waals surface area contributed by atoms with Crippen molar-refractivity contribution >= 4 is 25.7 Å². The van der Waals surface area contributed by atoms with Gasteiger partial charge in [-0.25, -0.2) is 4.57 Å². The molecule has 0 aliphatic heterocycles. The van der Waals surface area contributed by atoms with E-state index in [0.29, 0.717) is 12.8 Å². The van der Waals surface area contributed by atoms with E-state index in [4.69, 9.17) is 24.8 Å². The smallest absolute Gasteiger partial charge is 0.472 e. The van der Waals surface area contributed by atoms with E-state index in [1.807, 2.05) is 0 Å². The molecule has 0 aliphatic rings. The highest BCUT2D eigenvalue weighted by Gasteiger charge is 2.28. The van der Waals surface area contributed by atoms with Gasteiger partial charge in [0.15, 0.2) is 6.10 Å². The SMILES string of the molecule is CCCCCCCC/C=C/CCCCCCCCCCCCCC(=O)O[C@@H](COC(=O)CCCCC/C=C/CCCCCCCC)COP(=O)(O)OC[C@H](N)C(=O)O. The van der Waals surface area contributed by atoms with Crippen LogP contribution in [-0.2, 0) is 37.5 Å². The van der Waals surface area contributed by atoms with Gasteiger partial charge >= 0.3 is 25.7 Å². The molecule has 58 heavy (non-hydrogen) atoms. The minimum atomic E-state index is -4.72. The number of carbonyl (C=O) groups excluding carboxylic acids is 2. The maximum Gasteiger partial charge on any atom is 0.472 e. The van der Waals surface area contributed by atoms with E-state index in [1.165, 1.54) is 135 Å². The van der Waals surface area contributed by atoms with Crippen LogP contribution < -0.4 is 5.73 Å². The Balaban J connectivity index is 4.27. The fourth-order valence-corrected chi connectivity index (χ4v) is 7.24. The Morgan fingerprint density at radius 3 is 1.28 bits per heavy atom. The van der Waals surface area contributed by atoms with Crippen molar-refractivity contribution < 1.29 is 47.5 Å². The van der Waals surface area contributed by atoms with Crippen LogP contribution in [0.4, 0.5) is 0 Å². The summed E-state index contributed by atoms with van der Waals surface area (Å²) in [5.74, 6) is -2.39. The van der Waals surface area contributed by atoms with Crippen molar-refractivity contribution in [3.8, 4) is 0 Å². The number of nitrogens with two attached hydrogens (primary N) is 1. The van der Waals surface area contributed by atoms with Crippen LogP contribution in [0.25, 0.3) is 0 Å². The van der Waals surface area contributed by atoms with E-state index in [2.05, 4.69) is 42.7 Å². The number of phosphoric ester groups is 1. The predicted molar refractivity (Wildman–Crippen MR) is 236 cm³/mol. The highest BCUT2D eigenvalue weighted by Crippen LogP contribution is 2.43. The van der Waals surface area contributed by atoms with Gasteiger partial charge < -0.3 is 25.2 Å². The molecule has 11 nitrogen and oxygen atoms in total. The van der Waals surface area contributed by atoms with Gasteiger partial charge in [0.25, 0.3) is 0 Å². The fourth-order valence-electron chi connectivity index (χ4n) is 6.47. The van der Waals surface area contributed by atoms with E-state index in [-0.39, 0.29) is 19.4 Å². The number of aliphatic carboxylic acids is 1. The lowest BCUT2D eigenvalue weighted by Crippen LogP contribution is -2.34. The zero-order valence-corrected chi connectivity index (χ0v) is 37.8. The number of esters is 2. The molecule has 0 heterocycles. The molecule has 12 heteroatoms. The Morgan fingerprint density at radius 2 is 0.862 bits per heavy atom. The molecule has 0 aromatic rings. The summed E-state index contributed by atoms with van der Waals surface area (Å²) >= 11 is 0. The topological polar surface area (TPSA) is 172 Å². The van der Waals surface area contributed by atoms with Crippen LogP contribution in [0, 0.1) is 0 Å². The van der Waals surface area contributed by atoms with E-state index < -0.39 is 51.1 Å². The Morgan fingerprint density at radius 1 is 0.517 bits per heavy atom. The van der Waals surface area contributed by atoms with Crippen molar-refractivity contribution in [1.82, 2.24) is 0 Å². The van der Waals surface area contributed by atoms with Crippen molar-refractivity contribution in [3.05, 3.63) is 24.3 Å². The molecule has 0 aromatic heterocycles. The number of ether oxygens (including phenoxy) is 2. The first-order valence-corrected chi connectivity index (χ1v) is 24.9. The molecular weight excluding hydrogens is 757 g/mol. The zero-order chi connectivity index (χ0) is 42.8. The molecule has 4 N–H and O–H groups in total. The number of phosphoric acid groups is 1. The third-order valence-electron chi connectivity index (χ3n) is 10.2. The van der Waals surface area contributed by atoms with Crippen molar-refractivity contribution in [2.45, 2.75) is 231 Å². The van der Waals surface area contributed by atoms with Gasteiger partial charge in [0.2, 0.25) is 0 Å². The summed E-state index contributed by atoms with van der Waals surface area (Å²) < 4.78 is 32.7. The second-order valence-electron chi connectivity index (χ2n) is 15.9. The average molecular weight is 844 g/mol. The number of rotatable bonds is 44. The van der Waals surface area contributed by atoms with Crippen molar-refractivity contribution in [3.63, 3.8) is 0 Å². The van der Waals surface area contributed by atoms with Crippen molar-refractivity contribution in [1.29, 1.82) is 0 Å². The Labute approximate surface area is 353 Å². The molecule has 1 unspecified atom stereocenters. The van der Waals surface area contributed by atoms with Gasteiger partial charge in [-0.3, -0.25) is 23.4 Å². The van der Waals surface area contributed by atoms with Gasteiger partial charge in [0.05, 0.1) is 13.2 Å². The number of carbonyl (C=O) groups is 3. The maximum absolute atomic E-state index is 12.7. The van der Waals surface area contributed by atoms with Crippen molar-refractivity contribution in [2.24, 2.45) is 5.73 Å². The molecule has 0 radical (unpaired) electrons. The fraction of sp³-hybridized carbons (Fsp3) is 0.848. The third kappa shape index (κ3) is 40.7. The van der Waals surface area contributed by atoms with Gasteiger partial charge in [-0.15, -0.1) is 0 Å². The number of hydrogen-bond donors (Lipinski definition) is 3. The van der Waals surface area contributed by atoms with Gasteiger partial charge in [0.1, 0.15) is 12.6 Å². The lowest BCUT2D eigenvalue weighted by molar-refractivity contribution is -0.161. The predicted octanol–water partition coefficient (Wildman–Crippen LogP) is 12.6. The summed E-state index contributed by atoms with van der Waals surface area (Å²) in [6.07, 6.45) is 43.9. The van der Waals surface area contributed by atoms with Crippen LogP contribution in [0.2, 0.25) is 0 Å². The third-order valence-corrected chi connectivity index (χ3v) is 11.1. The summed E-state index contributed by atoms with van der Waals surface area (Å²) in [7, 11) is -4.72. The van der Waals surface area contributed by atoms with Gasteiger partial charge in [0, 0.05) is 12.8 Å². The first-order valence-electron chi connectivity index (χ1n) is 23.4. The summed E-state index contributed by atoms with van der Waals surface area (Å²) in [5.41, 5.74) is 5.34.